The number of hydrogen-bond donors (Lipinski definition) is 1. The van der Waals surface area contributed by atoms with Crippen molar-refractivity contribution in [2.24, 2.45) is 4.99 Å². The molecule has 10 heteroatoms. The average Bonchev–Trinajstić information content (AvgIpc) is 3.40. The van der Waals surface area contributed by atoms with Crippen LogP contribution in [-0.4, -0.2) is 98.0 Å². The minimum atomic E-state index is -0.0327. The van der Waals surface area contributed by atoms with Crippen LogP contribution < -0.4 is 10.2 Å². The molecule has 8 nitrogen and oxygen atoms in total. The first kappa shape index (κ1) is 24.1. The number of amides is 1. The summed E-state index contributed by atoms with van der Waals surface area (Å²) in [5.41, 5.74) is 1.03. The van der Waals surface area contributed by atoms with Gasteiger partial charge in [-0.05, 0) is 19.8 Å². The number of nitrogens with one attached hydrogen (secondary N) is 1. The van der Waals surface area contributed by atoms with Crippen molar-refractivity contribution in [3.63, 3.8) is 0 Å². The molecule has 0 aliphatic carbocycles. The number of carbonyl (C=O) groups is 1. The molecule has 1 amide bonds. The van der Waals surface area contributed by atoms with E-state index in [9.17, 15) is 4.79 Å². The Morgan fingerprint density at radius 1 is 1.21 bits per heavy atom. The molecule has 2 fully saturated rings. The minimum Gasteiger partial charge on any atom is -0.354 e. The fraction of sp³-hybridized carbons (Fsp3) is 0.737. The number of rotatable bonds is 5. The van der Waals surface area contributed by atoms with E-state index in [-0.39, 0.29) is 35.9 Å². The van der Waals surface area contributed by atoms with Crippen molar-refractivity contribution in [1.29, 1.82) is 0 Å². The number of nitrogens with zero attached hydrogens (tertiary/aromatic N) is 6. The zero-order valence-electron chi connectivity index (χ0n) is 17.9. The van der Waals surface area contributed by atoms with Gasteiger partial charge in [0.05, 0.1) is 18.3 Å². The van der Waals surface area contributed by atoms with Crippen LogP contribution in [0.15, 0.2) is 10.4 Å². The molecule has 0 radical (unpaired) electrons. The van der Waals surface area contributed by atoms with Gasteiger partial charge in [-0.15, -0.1) is 35.3 Å². The first-order chi connectivity index (χ1) is 13.5. The number of likely N-dealkylation sites (tertiary alicyclic amines) is 1. The fourth-order valence-electron chi connectivity index (χ4n) is 3.76. The number of carbonyl (C=O) groups excluding carboxylic acids is 1. The normalized spacial score (nSPS) is 19.1. The Labute approximate surface area is 195 Å². The molecule has 0 saturated carbocycles. The summed E-state index contributed by atoms with van der Waals surface area (Å²) in [7, 11) is 5.83. The molecule has 2 aliphatic heterocycles. The lowest BCUT2D eigenvalue weighted by Crippen LogP contribution is -2.57. The topological polar surface area (TPSA) is 67.3 Å². The van der Waals surface area contributed by atoms with Gasteiger partial charge in [-0.25, -0.2) is 4.98 Å². The highest BCUT2D eigenvalue weighted by Crippen LogP contribution is 2.18. The second kappa shape index (κ2) is 11.3. The van der Waals surface area contributed by atoms with Gasteiger partial charge in [0.25, 0.3) is 0 Å². The van der Waals surface area contributed by atoms with Crippen molar-refractivity contribution >= 4 is 52.3 Å². The van der Waals surface area contributed by atoms with E-state index in [2.05, 4.69) is 30.5 Å². The van der Waals surface area contributed by atoms with Crippen molar-refractivity contribution in [2.45, 2.75) is 32.4 Å². The number of thiazole rings is 1. The molecule has 0 aromatic carbocycles. The third-order valence-electron chi connectivity index (χ3n) is 5.50. The third-order valence-corrected chi connectivity index (χ3v) is 6.56. The van der Waals surface area contributed by atoms with Crippen LogP contribution in [0.25, 0.3) is 0 Å². The second-order valence-corrected chi connectivity index (χ2v) is 8.48. The van der Waals surface area contributed by atoms with E-state index in [0.29, 0.717) is 6.54 Å². The summed E-state index contributed by atoms with van der Waals surface area (Å²) in [5, 5.41) is 6.52. The number of aromatic nitrogens is 1. The number of piperazine rings is 1. The summed E-state index contributed by atoms with van der Waals surface area (Å²) >= 11 is 1.65. The van der Waals surface area contributed by atoms with E-state index in [1.165, 1.54) is 0 Å². The monoisotopic (exact) mass is 535 g/mol. The maximum Gasteiger partial charge on any atom is 0.239 e. The molecule has 2 saturated heterocycles. The lowest BCUT2D eigenvalue weighted by molar-refractivity contribution is -0.135. The van der Waals surface area contributed by atoms with E-state index in [1.54, 1.807) is 11.3 Å². The Hall–Kier alpha value is -1.14. The summed E-state index contributed by atoms with van der Waals surface area (Å²) in [6, 6.07) is -0.0327. The van der Waals surface area contributed by atoms with Crippen molar-refractivity contribution in [2.75, 3.05) is 65.3 Å². The Kier molecular flexibility index (Phi) is 9.41. The molecule has 1 N–H and O–H groups in total. The van der Waals surface area contributed by atoms with E-state index in [4.69, 9.17) is 0 Å². The minimum absolute atomic E-state index is 0. The van der Waals surface area contributed by atoms with Crippen LogP contribution in [0.2, 0.25) is 0 Å². The Morgan fingerprint density at radius 2 is 1.86 bits per heavy atom. The fourth-order valence-corrected chi connectivity index (χ4v) is 4.52. The lowest BCUT2D eigenvalue weighted by atomic mass is 10.2. The van der Waals surface area contributed by atoms with Gasteiger partial charge in [0, 0.05) is 65.8 Å². The van der Waals surface area contributed by atoms with E-state index in [1.807, 2.05) is 37.9 Å². The summed E-state index contributed by atoms with van der Waals surface area (Å²) in [4.78, 5) is 30.3. The number of halogens is 1. The van der Waals surface area contributed by atoms with Crippen molar-refractivity contribution in [3.05, 3.63) is 11.1 Å². The van der Waals surface area contributed by atoms with E-state index >= 15 is 0 Å². The van der Waals surface area contributed by atoms with Crippen LogP contribution in [-0.2, 0) is 11.3 Å². The number of hydrogen-bond acceptors (Lipinski definition) is 6. The first-order valence-corrected chi connectivity index (χ1v) is 11.0. The SMILES string of the molecule is CN=C(NCc1csc(N(C)C)n1)N1CCN(C(C)C(=O)N2CCCC2)CC1.I. The molecule has 3 heterocycles. The van der Waals surface area contributed by atoms with Crippen LogP contribution >= 0.6 is 35.3 Å². The molecular weight excluding hydrogens is 501 g/mol. The van der Waals surface area contributed by atoms with Gasteiger partial charge < -0.3 is 20.0 Å². The van der Waals surface area contributed by atoms with Gasteiger partial charge in [-0.2, -0.15) is 0 Å². The highest BCUT2D eigenvalue weighted by Gasteiger charge is 2.30. The second-order valence-electron chi connectivity index (χ2n) is 7.65. The standard InChI is InChI=1S/C19H33N7OS.HI/c1-15(17(27)25-7-5-6-8-25)24-9-11-26(12-10-24)18(20-2)21-13-16-14-28-19(22-16)23(3)4;/h14-15H,5-13H2,1-4H3,(H,20,21);1H. The first-order valence-electron chi connectivity index (χ1n) is 10.1. The predicted octanol–water partition coefficient (Wildman–Crippen LogP) is 1.53. The number of anilines is 1. The highest BCUT2D eigenvalue weighted by atomic mass is 127. The van der Waals surface area contributed by atoms with Gasteiger partial charge in [0.2, 0.25) is 5.91 Å². The van der Waals surface area contributed by atoms with Gasteiger partial charge in [-0.3, -0.25) is 14.7 Å². The van der Waals surface area contributed by atoms with Gasteiger partial charge in [-0.1, -0.05) is 0 Å². The molecule has 1 aromatic rings. The predicted molar refractivity (Wildman–Crippen MR) is 130 cm³/mol. The van der Waals surface area contributed by atoms with Gasteiger partial charge in [0.1, 0.15) is 0 Å². The molecular formula is C19H34IN7OS. The summed E-state index contributed by atoms with van der Waals surface area (Å²) in [5.74, 6) is 1.19. The number of aliphatic imine (C=N–C) groups is 1. The van der Waals surface area contributed by atoms with Crippen LogP contribution in [0.4, 0.5) is 5.13 Å². The third kappa shape index (κ3) is 6.17. The van der Waals surface area contributed by atoms with Crippen LogP contribution in [0.1, 0.15) is 25.5 Å². The Morgan fingerprint density at radius 3 is 2.41 bits per heavy atom. The zero-order valence-corrected chi connectivity index (χ0v) is 21.1. The molecule has 2 aliphatic rings. The summed E-state index contributed by atoms with van der Waals surface area (Å²) in [6.45, 7) is 8.06. The van der Waals surface area contributed by atoms with Crippen molar-refractivity contribution in [3.8, 4) is 0 Å². The largest absolute Gasteiger partial charge is 0.354 e. The Bertz CT molecular complexity index is 682. The van der Waals surface area contributed by atoms with E-state index < -0.39 is 0 Å². The highest BCUT2D eigenvalue weighted by molar-refractivity contribution is 14.0. The number of guanidine groups is 1. The Balaban J connectivity index is 0.00000300. The molecule has 1 aromatic heterocycles. The molecule has 0 bridgehead atoms. The molecule has 0 spiro atoms. The van der Waals surface area contributed by atoms with Crippen molar-refractivity contribution in [1.82, 2.24) is 25.0 Å². The summed E-state index contributed by atoms with van der Waals surface area (Å²) in [6.07, 6.45) is 2.28. The quantitative estimate of drug-likeness (QED) is 0.351. The van der Waals surface area contributed by atoms with Crippen LogP contribution in [0.5, 0.6) is 0 Å². The van der Waals surface area contributed by atoms with Crippen molar-refractivity contribution < 1.29 is 4.79 Å². The molecule has 1 atom stereocenters. The summed E-state index contributed by atoms with van der Waals surface area (Å²) < 4.78 is 0. The zero-order chi connectivity index (χ0) is 20.1. The molecule has 3 rings (SSSR count). The maximum absolute atomic E-state index is 12.7. The van der Waals surface area contributed by atoms with Crippen LogP contribution in [0, 0.1) is 0 Å². The van der Waals surface area contributed by atoms with Gasteiger partial charge >= 0.3 is 0 Å². The smallest absolute Gasteiger partial charge is 0.239 e. The van der Waals surface area contributed by atoms with E-state index in [0.717, 1.165) is 68.9 Å². The average molecular weight is 536 g/mol. The molecule has 164 valence electrons. The van der Waals surface area contributed by atoms with Gasteiger partial charge in [0.15, 0.2) is 11.1 Å². The molecule has 1 unspecified atom stereocenters. The lowest BCUT2D eigenvalue weighted by Gasteiger charge is -2.39. The molecule has 29 heavy (non-hydrogen) atoms. The van der Waals surface area contributed by atoms with Crippen LogP contribution in [0.3, 0.4) is 0 Å². The maximum atomic E-state index is 12.7.